The van der Waals surface area contributed by atoms with Gasteiger partial charge in [-0.25, -0.2) is 8.78 Å². The summed E-state index contributed by atoms with van der Waals surface area (Å²) in [6.07, 6.45) is 0.852. The molecule has 1 nitrogen and oxygen atoms in total. The summed E-state index contributed by atoms with van der Waals surface area (Å²) < 4.78 is 27.3. The zero-order chi connectivity index (χ0) is 13.8. The molecule has 1 atom stereocenters. The lowest BCUT2D eigenvalue weighted by atomic mass is 9.93. The van der Waals surface area contributed by atoms with Crippen LogP contribution in [0.3, 0.4) is 0 Å². The van der Waals surface area contributed by atoms with Gasteiger partial charge in [-0.05, 0) is 30.7 Å². The van der Waals surface area contributed by atoms with Crippen molar-refractivity contribution in [2.75, 3.05) is 7.05 Å². The Bertz CT molecular complexity index is 566. The lowest BCUT2D eigenvalue weighted by Crippen LogP contribution is -2.20. The van der Waals surface area contributed by atoms with Crippen LogP contribution in [0, 0.1) is 11.6 Å². The molecule has 0 radical (unpaired) electrons. The minimum Gasteiger partial charge on any atom is -0.309 e. The van der Waals surface area contributed by atoms with E-state index in [4.69, 9.17) is 0 Å². The third kappa shape index (κ3) is 2.66. The predicted octanol–water partition coefficient (Wildman–Crippen LogP) is 3.84. The molecule has 2 aromatic rings. The molecule has 2 rings (SSSR count). The highest BCUT2D eigenvalue weighted by Gasteiger charge is 2.20. The number of hydrogen-bond acceptors (Lipinski definition) is 1. The van der Waals surface area contributed by atoms with Crippen LogP contribution in [0.5, 0.6) is 0 Å². The van der Waals surface area contributed by atoms with E-state index in [0.717, 1.165) is 23.6 Å². The summed E-state index contributed by atoms with van der Waals surface area (Å²) in [6.45, 7) is 2.05. The van der Waals surface area contributed by atoms with Crippen LogP contribution in [-0.2, 0) is 6.42 Å². The van der Waals surface area contributed by atoms with Gasteiger partial charge in [-0.15, -0.1) is 0 Å². The van der Waals surface area contributed by atoms with E-state index in [2.05, 4.69) is 5.32 Å². The zero-order valence-corrected chi connectivity index (χ0v) is 11.1. The maximum Gasteiger partial charge on any atom is 0.163 e. The summed E-state index contributed by atoms with van der Waals surface area (Å²) in [7, 11) is 1.75. The number of nitrogens with one attached hydrogen (secondary N) is 1. The number of aryl methyl sites for hydroxylation is 1. The molecule has 1 N–H and O–H groups in total. The van der Waals surface area contributed by atoms with Crippen molar-refractivity contribution in [2.24, 2.45) is 0 Å². The number of rotatable bonds is 4. The molecule has 3 heteroatoms. The molecule has 0 aliphatic rings. The Labute approximate surface area is 112 Å². The van der Waals surface area contributed by atoms with Gasteiger partial charge in [0.1, 0.15) is 0 Å². The minimum atomic E-state index is -0.813. The van der Waals surface area contributed by atoms with Crippen LogP contribution in [0.25, 0.3) is 0 Å². The fraction of sp³-hybridized carbons (Fsp3) is 0.250. The van der Waals surface area contributed by atoms with E-state index < -0.39 is 11.6 Å². The molecule has 1 unspecified atom stereocenters. The van der Waals surface area contributed by atoms with E-state index in [-0.39, 0.29) is 6.04 Å². The Morgan fingerprint density at radius 1 is 1.00 bits per heavy atom. The van der Waals surface area contributed by atoms with Crippen LogP contribution >= 0.6 is 0 Å². The largest absolute Gasteiger partial charge is 0.309 e. The van der Waals surface area contributed by atoms with E-state index in [1.165, 1.54) is 6.07 Å². The van der Waals surface area contributed by atoms with Crippen LogP contribution in [0.4, 0.5) is 8.78 Å². The van der Waals surface area contributed by atoms with Crippen molar-refractivity contribution in [3.05, 3.63) is 70.8 Å². The SMILES string of the molecule is CCc1ccccc1C(NC)c1cccc(F)c1F. The van der Waals surface area contributed by atoms with E-state index in [1.54, 1.807) is 13.1 Å². The quantitative estimate of drug-likeness (QED) is 0.881. The summed E-state index contributed by atoms with van der Waals surface area (Å²) in [5, 5.41) is 3.07. The Hall–Kier alpha value is -1.74. The summed E-state index contributed by atoms with van der Waals surface area (Å²) in [4.78, 5) is 0. The highest BCUT2D eigenvalue weighted by molar-refractivity contribution is 5.38. The molecule has 0 bridgehead atoms. The highest BCUT2D eigenvalue weighted by Crippen LogP contribution is 2.28. The Morgan fingerprint density at radius 3 is 2.37 bits per heavy atom. The predicted molar refractivity (Wildman–Crippen MR) is 73.1 cm³/mol. The van der Waals surface area contributed by atoms with E-state index >= 15 is 0 Å². The average Bonchev–Trinajstić information content (AvgIpc) is 2.45. The number of hydrogen-bond donors (Lipinski definition) is 1. The van der Waals surface area contributed by atoms with Gasteiger partial charge >= 0.3 is 0 Å². The molecule has 0 aliphatic carbocycles. The van der Waals surface area contributed by atoms with E-state index in [9.17, 15) is 8.78 Å². The lowest BCUT2D eigenvalue weighted by molar-refractivity contribution is 0.487. The molecular weight excluding hydrogens is 244 g/mol. The second kappa shape index (κ2) is 5.93. The van der Waals surface area contributed by atoms with Crippen molar-refractivity contribution in [3.8, 4) is 0 Å². The van der Waals surface area contributed by atoms with Crippen LogP contribution in [0.2, 0.25) is 0 Å². The van der Waals surface area contributed by atoms with Gasteiger partial charge in [-0.3, -0.25) is 0 Å². The van der Waals surface area contributed by atoms with Gasteiger partial charge in [0, 0.05) is 5.56 Å². The first kappa shape index (κ1) is 13.7. The van der Waals surface area contributed by atoms with Crippen molar-refractivity contribution in [3.63, 3.8) is 0 Å². The van der Waals surface area contributed by atoms with Gasteiger partial charge in [0.15, 0.2) is 11.6 Å². The standard InChI is InChI=1S/C16H17F2N/c1-3-11-7-4-5-8-12(11)16(19-2)13-9-6-10-14(17)15(13)18/h4-10,16,19H,3H2,1-2H3. The van der Waals surface area contributed by atoms with Crippen molar-refractivity contribution in [1.29, 1.82) is 0 Å². The third-order valence-electron chi connectivity index (χ3n) is 3.33. The first-order chi connectivity index (χ1) is 9.19. The molecule has 0 heterocycles. The molecule has 0 saturated carbocycles. The third-order valence-corrected chi connectivity index (χ3v) is 3.33. The van der Waals surface area contributed by atoms with Crippen LogP contribution in [0.15, 0.2) is 42.5 Å². The first-order valence-electron chi connectivity index (χ1n) is 6.38. The topological polar surface area (TPSA) is 12.0 Å². The smallest absolute Gasteiger partial charge is 0.163 e. The van der Waals surface area contributed by atoms with Crippen LogP contribution < -0.4 is 5.32 Å². The number of halogens is 2. The second-order valence-electron chi connectivity index (χ2n) is 4.42. The molecule has 0 amide bonds. The Morgan fingerprint density at radius 2 is 1.68 bits per heavy atom. The molecule has 0 spiro atoms. The Balaban J connectivity index is 2.53. The van der Waals surface area contributed by atoms with Gasteiger partial charge in [-0.2, -0.15) is 0 Å². The monoisotopic (exact) mass is 261 g/mol. The van der Waals surface area contributed by atoms with Crippen molar-refractivity contribution in [1.82, 2.24) is 5.32 Å². The maximum absolute atomic E-state index is 13.9. The number of benzene rings is 2. The van der Waals surface area contributed by atoms with E-state index in [1.807, 2.05) is 31.2 Å². The molecular formula is C16H17F2N. The molecule has 0 fully saturated rings. The van der Waals surface area contributed by atoms with Gasteiger partial charge in [0.25, 0.3) is 0 Å². The molecule has 2 aromatic carbocycles. The molecule has 19 heavy (non-hydrogen) atoms. The van der Waals surface area contributed by atoms with Crippen LogP contribution in [-0.4, -0.2) is 7.05 Å². The first-order valence-corrected chi connectivity index (χ1v) is 6.38. The summed E-state index contributed by atoms with van der Waals surface area (Å²) >= 11 is 0. The lowest BCUT2D eigenvalue weighted by Gasteiger charge is -2.20. The molecule has 100 valence electrons. The normalized spacial score (nSPS) is 12.4. The highest BCUT2D eigenvalue weighted by atomic mass is 19.2. The second-order valence-corrected chi connectivity index (χ2v) is 4.42. The van der Waals surface area contributed by atoms with Crippen molar-refractivity contribution >= 4 is 0 Å². The fourth-order valence-electron chi connectivity index (χ4n) is 2.36. The molecule has 0 saturated heterocycles. The Kier molecular flexibility index (Phi) is 4.27. The van der Waals surface area contributed by atoms with Gasteiger partial charge in [0.05, 0.1) is 6.04 Å². The summed E-state index contributed by atoms with van der Waals surface area (Å²) in [6, 6.07) is 11.8. The van der Waals surface area contributed by atoms with E-state index in [0.29, 0.717) is 5.56 Å². The minimum absolute atomic E-state index is 0.336. The fourth-order valence-corrected chi connectivity index (χ4v) is 2.36. The average molecular weight is 261 g/mol. The summed E-state index contributed by atoms with van der Waals surface area (Å²) in [5.74, 6) is -1.60. The van der Waals surface area contributed by atoms with Gasteiger partial charge in [-0.1, -0.05) is 43.3 Å². The van der Waals surface area contributed by atoms with Crippen molar-refractivity contribution in [2.45, 2.75) is 19.4 Å². The van der Waals surface area contributed by atoms with Crippen LogP contribution in [0.1, 0.15) is 29.7 Å². The summed E-state index contributed by atoms with van der Waals surface area (Å²) in [5.41, 5.74) is 2.45. The maximum atomic E-state index is 13.9. The van der Waals surface area contributed by atoms with Crippen molar-refractivity contribution < 1.29 is 8.78 Å². The molecule has 0 aliphatic heterocycles. The van der Waals surface area contributed by atoms with Gasteiger partial charge in [0.2, 0.25) is 0 Å². The van der Waals surface area contributed by atoms with Gasteiger partial charge < -0.3 is 5.32 Å². The molecule has 0 aromatic heterocycles. The zero-order valence-electron chi connectivity index (χ0n) is 11.1.